The molecule has 0 radical (unpaired) electrons. The van der Waals surface area contributed by atoms with Crippen LogP contribution in [0.2, 0.25) is 0 Å². The highest BCUT2D eigenvalue weighted by atomic mass is 19.4. The van der Waals surface area contributed by atoms with Gasteiger partial charge in [0.1, 0.15) is 0 Å². The molecule has 0 bridgehead atoms. The van der Waals surface area contributed by atoms with Gasteiger partial charge in [-0.25, -0.2) is 4.85 Å². The quantitative estimate of drug-likeness (QED) is 0.162. The summed E-state index contributed by atoms with van der Waals surface area (Å²) in [4.78, 5) is 13.8. The third kappa shape index (κ3) is 10.1. The van der Waals surface area contributed by atoms with Crippen molar-refractivity contribution in [1.29, 1.82) is 0 Å². The third-order valence-electron chi connectivity index (χ3n) is 3.53. The summed E-state index contributed by atoms with van der Waals surface area (Å²) in [5.74, 6) is -3.64. The zero-order valence-corrected chi connectivity index (χ0v) is 14.1. The average molecular weight is 349 g/mol. The van der Waals surface area contributed by atoms with E-state index >= 15 is 0 Å². The number of alkyl halides is 3. The van der Waals surface area contributed by atoms with Gasteiger partial charge < -0.3 is 9.84 Å². The van der Waals surface area contributed by atoms with Gasteiger partial charge in [-0.15, -0.1) is 0 Å². The lowest BCUT2D eigenvalue weighted by Crippen LogP contribution is -2.18. The Hall–Kier alpha value is -1.71. The number of rotatable bonds is 12. The van der Waals surface area contributed by atoms with Crippen LogP contribution in [0.15, 0.2) is 11.5 Å². The lowest BCUT2D eigenvalue weighted by atomic mass is 10.1. The zero-order chi connectivity index (χ0) is 18.4. The lowest BCUT2D eigenvalue weighted by molar-refractivity contribution is -0.142. The molecular weight excluding hydrogens is 323 g/mol. The largest absolute Gasteiger partial charge is 0.515 e. The molecule has 0 aliphatic rings. The molecule has 0 rings (SSSR count). The van der Waals surface area contributed by atoms with E-state index in [-0.39, 0.29) is 6.61 Å². The van der Waals surface area contributed by atoms with Gasteiger partial charge >= 0.3 is 17.8 Å². The highest BCUT2D eigenvalue weighted by molar-refractivity contribution is 5.91. The van der Waals surface area contributed by atoms with E-state index in [1.54, 1.807) is 0 Å². The minimum atomic E-state index is -5.13. The number of carbonyl (C=O) groups excluding carboxylic acids is 1. The highest BCUT2D eigenvalue weighted by Gasteiger charge is 2.39. The molecule has 0 fully saturated rings. The van der Waals surface area contributed by atoms with Gasteiger partial charge in [-0.05, 0) is 6.42 Å². The number of aliphatic hydroxyl groups excluding tert-OH is 1. The summed E-state index contributed by atoms with van der Waals surface area (Å²) in [5, 5.41) is 8.83. The lowest BCUT2D eigenvalue weighted by Gasteiger charge is -2.08. The second kappa shape index (κ2) is 12.7. The van der Waals surface area contributed by atoms with Crippen LogP contribution in [-0.2, 0) is 9.53 Å². The summed E-state index contributed by atoms with van der Waals surface area (Å²) in [7, 11) is 0. The molecule has 0 atom stereocenters. The van der Waals surface area contributed by atoms with Crippen molar-refractivity contribution in [3.8, 4) is 0 Å². The molecule has 0 aromatic heterocycles. The van der Waals surface area contributed by atoms with Crippen LogP contribution in [0.1, 0.15) is 71.1 Å². The molecular formula is C17H26F3NO3. The molecule has 0 aromatic carbocycles. The van der Waals surface area contributed by atoms with Crippen LogP contribution >= 0.6 is 0 Å². The maximum Gasteiger partial charge on any atom is 0.438 e. The average Bonchev–Trinajstić information content (AvgIpc) is 2.52. The summed E-state index contributed by atoms with van der Waals surface area (Å²) >= 11 is 0. The third-order valence-corrected chi connectivity index (χ3v) is 3.53. The molecule has 0 spiro atoms. The van der Waals surface area contributed by atoms with Gasteiger partial charge in [0.15, 0.2) is 0 Å². The first-order valence-corrected chi connectivity index (χ1v) is 8.39. The van der Waals surface area contributed by atoms with Crippen molar-refractivity contribution in [3.63, 3.8) is 0 Å². The van der Waals surface area contributed by atoms with Crippen LogP contribution in [0.5, 0.6) is 0 Å². The number of hydrogen-bond donors (Lipinski definition) is 1. The van der Waals surface area contributed by atoms with Crippen molar-refractivity contribution in [1.82, 2.24) is 0 Å². The Bertz CT molecular complexity index is 439. The molecule has 0 saturated carbocycles. The second-order valence-electron chi connectivity index (χ2n) is 5.62. The molecule has 1 N–H and O–H groups in total. The van der Waals surface area contributed by atoms with Crippen LogP contribution in [0, 0.1) is 6.57 Å². The van der Waals surface area contributed by atoms with Gasteiger partial charge in [0.2, 0.25) is 5.76 Å². The fourth-order valence-corrected chi connectivity index (χ4v) is 2.15. The van der Waals surface area contributed by atoms with E-state index in [1.165, 1.54) is 32.1 Å². The topological polar surface area (TPSA) is 50.9 Å². The molecule has 24 heavy (non-hydrogen) atoms. The number of unbranched alkanes of at least 4 members (excludes halogenated alkanes) is 9. The minimum absolute atomic E-state index is 0.0561. The van der Waals surface area contributed by atoms with E-state index in [9.17, 15) is 18.0 Å². The van der Waals surface area contributed by atoms with Crippen molar-refractivity contribution < 1.29 is 27.8 Å². The maximum absolute atomic E-state index is 12.2. The van der Waals surface area contributed by atoms with Crippen molar-refractivity contribution in [2.45, 2.75) is 77.3 Å². The van der Waals surface area contributed by atoms with E-state index in [0.717, 1.165) is 25.7 Å². The molecule has 0 heterocycles. The summed E-state index contributed by atoms with van der Waals surface area (Å²) in [6.45, 7) is 8.68. The number of allylic oxidation sites excluding steroid dienone is 1. The van der Waals surface area contributed by atoms with Gasteiger partial charge in [-0.2, -0.15) is 13.2 Å². The molecule has 0 saturated heterocycles. The first kappa shape index (κ1) is 22.3. The Morgan fingerprint density at radius 1 is 1.00 bits per heavy atom. The number of carbonyl (C=O) groups is 1. The van der Waals surface area contributed by atoms with Crippen molar-refractivity contribution in [2.24, 2.45) is 0 Å². The van der Waals surface area contributed by atoms with E-state index in [0.29, 0.717) is 6.42 Å². The van der Waals surface area contributed by atoms with Crippen LogP contribution in [0.25, 0.3) is 4.85 Å². The number of nitrogens with zero attached hydrogens (tertiary/aromatic N) is 1. The Morgan fingerprint density at radius 2 is 1.46 bits per heavy atom. The monoisotopic (exact) mass is 349 g/mol. The molecule has 0 amide bonds. The van der Waals surface area contributed by atoms with Crippen LogP contribution < -0.4 is 0 Å². The first-order chi connectivity index (χ1) is 11.3. The van der Waals surface area contributed by atoms with E-state index in [4.69, 9.17) is 11.7 Å². The Balaban J connectivity index is 3.82. The summed E-state index contributed by atoms with van der Waals surface area (Å²) in [5.41, 5.74) is -1.42. The van der Waals surface area contributed by atoms with E-state index in [2.05, 4.69) is 16.5 Å². The summed E-state index contributed by atoms with van der Waals surface area (Å²) in [6, 6.07) is 0. The first-order valence-electron chi connectivity index (χ1n) is 8.39. The number of hydrogen-bond acceptors (Lipinski definition) is 3. The molecule has 0 unspecified atom stereocenters. The molecule has 0 aromatic rings. The highest BCUT2D eigenvalue weighted by Crippen LogP contribution is 2.27. The van der Waals surface area contributed by atoms with Crippen molar-refractivity contribution >= 4 is 5.97 Å². The van der Waals surface area contributed by atoms with Gasteiger partial charge in [0.05, 0.1) is 13.2 Å². The van der Waals surface area contributed by atoms with Crippen LogP contribution in [-0.4, -0.2) is 23.9 Å². The Kier molecular flexibility index (Phi) is 11.8. The standard InChI is InChI=1S/C17H26F3NO3/c1-3-4-5-6-7-8-9-10-11-12-13-24-16(23)14(21-2)15(22)17(18,19)20/h22H,3-13H2,1H3/b15-14+. The summed E-state index contributed by atoms with van der Waals surface area (Å²) in [6.07, 6.45) is 5.67. The van der Waals surface area contributed by atoms with Crippen molar-refractivity contribution in [3.05, 3.63) is 22.9 Å². The number of halogens is 3. The molecule has 0 aliphatic carbocycles. The van der Waals surface area contributed by atoms with Crippen LogP contribution in [0.4, 0.5) is 13.2 Å². The number of esters is 1. The van der Waals surface area contributed by atoms with Gasteiger partial charge in [-0.3, -0.25) is 4.79 Å². The normalized spacial score (nSPS) is 12.5. The predicted octanol–water partition coefficient (Wildman–Crippen LogP) is 5.70. The van der Waals surface area contributed by atoms with Crippen LogP contribution in [0.3, 0.4) is 0 Å². The number of ether oxygens (including phenoxy) is 1. The number of aliphatic hydroxyl groups is 1. The van der Waals surface area contributed by atoms with E-state index in [1.807, 2.05) is 0 Å². The molecule has 0 aliphatic heterocycles. The van der Waals surface area contributed by atoms with Crippen molar-refractivity contribution in [2.75, 3.05) is 6.61 Å². The van der Waals surface area contributed by atoms with E-state index < -0.39 is 23.6 Å². The minimum Gasteiger partial charge on any atom is -0.515 e. The fraction of sp³-hybridized carbons (Fsp3) is 0.765. The predicted molar refractivity (Wildman–Crippen MR) is 85.1 cm³/mol. The zero-order valence-electron chi connectivity index (χ0n) is 14.1. The second-order valence-corrected chi connectivity index (χ2v) is 5.62. The Labute approximate surface area is 141 Å². The maximum atomic E-state index is 12.2. The van der Waals surface area contributed by atoms with Gasteiger partial charge in [0, 0.05) is 0 Å². The fourth-order valence-electron chi connectivity index (χ4n) is 2.15. The molecule has 138 valence electrons. The molecule has 7 heteroatoms. The van der Waals surface area contributed by atoms with Gasteiger partial charge in [0.25, 0.3) is 0 Å². The Morgan fingerprint density at radius 3 is 1.88 bits per heavy atom. The smallest absolute Gasteiger partial charge is 0.438 e. The summed E-state index contributed by atoms with van der Waals surface area (Å²) < 4.78 is 41.4. The van der Waals surface area contributed by atoms with Gasteiger partial charge in [-0.1, -0.05) is 64.7 Å². The SMILES string of the molecule is [C-]#[N+]/C(C(=O)OCCCCCCCCCCCC)=C(/O)C(F)(F)F. The molecule has 4 nitrogen and oxygen atoms in total.